The van der Waals surface area contributed by atoms with Gasteiger partial charge < -0.3 is 25.2 Å². The maximum atomic E-state index is 14.7. The van der Waals surface area contributed by atoms with Crippen molar-refractivity contribution in [1.82, 2.24) is 19.9 Å². The van der Waals surface area contributed by atoms with E-state index in [0.29, 0.717) is 41.3 Å². The summed E-state index contributed by atoms with van der Waals surface area (Å²) in [5.41, 5.74) is 5.29. The quantitative estimate of drug-likeness (QED) is 0.291. The molecule has 0 radical (unpaired) electrons. The number of aromatic nitrogens is 3. The van der Waals surface area contributed by atoms with Crippen molar-refractivity contribution in [3.63, 3.8) is 0 Å². The molecule has 0 saturated carbocycles. The molecule has 0 spiro atoms. The fourth-order valence-electron chi connectivity index (χ4n) is 7.41. The highest BCUT2D eigenvalue weighted by Crippen LogP contribution is 2.42. The summed E-state index contributed by atoms with van der Waals surface area (Å²) in [4.78, 5) is 43.3. The van der Waals surface area contributed by atoms with Crippen LogP contribution < -0.4 is 26.0 Å². The molecule has 3 aliphatic heterocycles. The number of rotatable bonds is 6. The zero-order chi connectivity index (χ0) is 32.9. The Bertz CT molecular complexity index is 1920. The van der Waals surface area contributed by atoms with Gasteiger partial charge in [0, 0.05) is 86.2 Å². The third kappa shape index (κ3) is 5.49. The van der Waals surface area contributed by atoms with Crippen LogP contribution in [-0.2, 0) is 4.74 Å². The molecule has 0 aliphatic carbocycles. The van der Waals surface area contributed by atoms with Gasteiger partial charge in [-0.1, -0.05) is 18.7 Å². The van der Waals surface area contributed by atoms with Crippen LogP contribution in [-0.4, -0.2) is 72.3 Å². The molecule has 2 aromatic carbocycles. The van der Waals surface area contributed by atoms with Crippen LogP contribution in [0, 0.1) is 12.8 Å². The summed E-state index contributed by atoms with van der Waals surface area (Å²) in [5, 5.41) is 7.45. The Labute approximate surface area is 275 Å². The number of benzene rings is 2. The molecule has 2 saturated heterocycles. The number of aryl methyl sites for hydroxylation is 1. The predicted molar refractivity (Wildman–Crippen MR) is 188 cm³/mol. The third-order valence-corrected chi connectivity index (χ3v) is 10.3. The number of carbonyl (C=O) groups is 1. The van der Waals surface area contributed by atoms with Gasteiger partial charge in [0.15, 0.2) is 5.78 Å². The monoisotopic (exact) mass is 633 g/mol. The van der Waals surface area contributed by atoms with Crippen LogP contribution in [0.2, 0.25) is 0 Å². The van der Waals surface area contributed by atoms with Crippen LogP contribution in [0.1, 0.15) is 54.2 Å². The molecule has 0 bridgehead atoms. The topological polar surface area (TPSA) is 105 Å². The summed E-state index contributed by atoms with van der Waals surface area (Å²) in [7, 11) is 1.98. The molecule has 1 atom stereocenters. The number of hydrogen-bond donors (Lipinski definition) is 2. The normalized spacial score (nSPS) is 19.9. The van der Waals surface area contributed by atoms with Crippen LogP contribution in [0.25, 0.3) is 16.6 Å². The number of nitrogens with one attached hydrogen (secondary N) is 2. The van der Waals surface area contributed by atoms with Gasteiger partial charge in [-0.2, -0.15) is 4.98 Å². The molecule has 4 aromatic rings. The molecular formula is C37H43N7O3. The molecule has 3 aliphatic rings. The number of ether oxygens (including phenoxy) is 1. The fraction of sp³-hybridized carbons (Fsp3) is 0.405. The molecule has 2 aromatic heterocycles. The molecule has 2 fully saturated rings. The van der Waals surface area contributed by atoms with Crippen molar-refractivity contribution in [2.24, 2.45) is 5.92 Å². The van der Waals surface area contributed by atoms with Crippen molar-refractivity contribution in [3.8, 4) is 0 Å². The summed E-state index contributed by atoms with van der Waals surface area (Å²) in [6, 6.07) is 14.8. The molecule has 1 unspecified atom stereocenters. The first-order valence-electron chi connectivity index (χ1n) is 16.5. The van der Waals surface area contributed by atoms with E-state index in [1.54, 1.807) is 10.8 Å². The zero-order valence-corrected chi connectivity index (χ0v) is 27.7. The minimum atomic E-state index is -0.844. The van der Waals surface area contributed by atoms with Gasteiger partial charge in [-0.25, -0.2) is 4.98 Å². The van der Waals surface area contributed by atoms with E-state index < -0.39 is 11.6 Å². The van der Waals surface area contributed by atoms with E-state index in [1.165, 1.54) is 5.69 Å². The molecule has 244 valence electrons. The van der Waals surface area contributed by atoms with Crippen molar-refractivity contribution in [2.75, 3.05) is 61.6 Å². The second kappa shape index (κ2) is 12.2. The van der Waals surface area contributed by atoms with Gasteiger partial charge in [-0.15, -0.1) is 0 Å². The highest BCUT2D eigenvalue weighted by Gasteiger charge is 2.47. The number of piperazine rings is 1. The van der Waals surface area contributed by atoms with E-state index in [1.807, 2.05) is 57.3 Å². The first kappa shape index (κ1) is 31.1. The predicted octanol–water partition coefficient (Wildman–Crippen LogP) is 5.35. The number of ketones is 1. The van der Waals surface area contributed by atoms with E-state index in [9.17, 15) is 9.59 Å². The number of likely N-dealkylation sites (N-methyl/N-ethyl adjacent to an activating group) is 1. The standard InChI is InChI=1S/C37H43N7O3/c1-23-20-27(10-11-30(23)43-16-14-38-15-17-43)40-36-39-22-26-21-29(24(2)25-12-18-47-19-13-25)35(46)44(34(26)41-36)33-32(45)28-8-6-7-9-31(28)42(5)37(33,3)4/h6-11,20-22,25,33,38H,2,12-19H2,1,3-5H3,(H,39,40,41). The molecule has 2 N–H and O–H groups in total. The molecule has 10 nitrogen and oxygen atoms in total. The minimum absolute atomic E-state index is 0.117. The molecule has 5 heterocycles. The summed E-state index contributed by atoms with van der Waals surface area (Å²) >= 11 is 0. The average Bonchev–Trinajstić information content (AvgIpc) is 3.09. The number of allylic oxidation sites excluding steroid dienone is 1. The molecular weight excluding hydrogens is 590 g/mol. The van der Waals surface area contributed by atoms with Gasteiger partial charge >= 0.3 is 0 Å². The summed E-state index contributed by atoms with van der Waals surface area (Å²) < 4.78 is 7.20. The number of fused-ring (bicyclic) bond motifs is 2. The van der Waals surface area contributed by atoms with Crippen LogP contribution in [0.15, 0.2) is 66.1 Å². The molecule has 0 amide bonds. The van der Waals surface area contributed by atoms with Gasteiger partial charge in [-0.3, -0.25) is 14.2 Å². The van der Waals surface area contributed by atoms with Crippen LogP contribution in [0.4, 0.5) is 23.0 Å². The van der Waals surface area contributed by atoms with Crippen molar-refractivity contribution < 1.29 is 9.53 Å². The fourth-order valence-corrected chi connectivity index (χ4v) is 7.41. The maximum Gasteiger partial charge on any atom is 0.260 e. The van der Waals surface area contributed by atoms with E-state index >= 15 is 0 Å². The number of para-hydroxylation sites is 1. The van der Waals surface area contributed by atoms with E-state index in [4.69, 9.17) is 9.72 Å². The number of anilines is 4. The Balaban J connectivity index is 1.35. The molecule has 10 heteroatoms. The van der Waals surface area contributed by atoms with Gasteiger partial charge in [0.2, 0.25) is 5.95 Å². The van der Waals surface area contributed by atoms with E-state index in [0.717, 1.165) is 61.5 Å². The average molecular weight is 634 g/mol. The number of nitrogens with zero attached hydrogens (tertiary/aromatic N) is 5. The summed E-state index contributed by atoms with van der Waals surface area (Å²) in [5.74, 6) is 0.356. The smallest absolute Gasteiger partial charge is 0.260 e. The highest BCUT2D eigenvalue weighted by molar-refractivity contribution is 6.07. The van der Waals surface area contributed by atoms with Crippen LogP contribution >= 0.6 is 0 Å². The first-order chi connectivity index (χ1) is 22.6. The van der Waals surface area contributed by atoms with Gasteiger partial charge in [0.05, 0.1) is 5.54 Å². The van der Waals surface area contributed by atoms with Crippen molar-refractivity contribution in [3.05, 3.63) is 88.4 Å². The van der Waals surface area contributed by atoms with Gasteiger partial charge in [0.1, 0.15) is 11.7 Å². The minimum Gasteiger partial charge on any atom is -0.381 e. The van der Waals surface area contributed by atoms with E-state index in [2.05, 4.69) is 51.1 Å². The molecule has 7 rings (SSSR count). The second-order valence-electron chi connectivity index (χ2n) is 13.5. The summed E-state index contributed by atoms with van der Waals surface area (Å²) in [6.45, 7) is 15.7. The Kier molecular flexibility index (Phi) is 8.09. The Morgan fingerprint density at radius 3 is 2.53 bits per heavy atom. The third-order valence-electron chi connectivity index (χ3n) is 10.3. The lowest BCUT2D eigenvalue weighted by molar-refractivity contribution is 0.0808. The Hall–Kier alpha value is -4.54. The lowest BCUT2D eigenvalue weighted by atomic mass is 9.80. The lowest BCUT2D eigenvalue weighted by Crippen LogP contribution is -2.56. The Morgan fingerprint density at radius 2 is 1.79 bits per heavy atom. The van der Waals surface area contributed by atoms with E-state index in [-0.39, 0.29) is 17.3 Å². The Morgan fingerprint density at radius 1 is 1.04 bits per heavy atom. The highest BCUT2D eigenvalue weighted by atomic mass is 16.5. The second-order valence-corrected chi connectivity index (χ2v) is 13.5. The number of pyridine rings is 1. The van der Waals surface area contributed by atoms with Crippen molar-refractivity contribution in [1.29, 1.82) is 0 Å². The lowest BCUT2D eigenvalue weighted by Gasteiger charge is -2.47. The maximum absolute atomic E-state index is 14.7. The van der Waals surface area contributed by atoms with Crippen LogP contribution in [0.5, 0.6) is 0 Å². The SMILES string of the molecule is C=C(c1cc2cnc(Nc3ccc(N4CCNCC4)c(C)c3)nc2n(C2C(=O)c3ccccc3N(C)C2(C)C)c1=O)C1CCOCC1. The van der Waals surface area contributed by atoms with Crippen molar-refractivity contribution >= 4 is 45.4 Å². The number of Topliss-reactive ketones (excluding diaryl/α,β-unsaturated/α-hetero) is 1. The van der Waals surface area contributed by atoms with Gasteiger partial charge in [-0.05, 0) is 87.1 Å². The van der Waals surface area contributed by atoms with Gasteiger partial charge in [0.25, 0.3) is 5.56 Å². The number of hydrogen-bond acceptors (Lipinski definition) is 9. The number of carbonyl (C=O) groups excluding carboxylic acids is 1. The first-order valence-corrected chi connectivity index (χ1v) is 16.5. The zero-order valence-electron chi connectivity index (χ0n) is 27.7. The molecule has 47 heavy (non-hydrogen) atoms. The van der Waals surface area contributed by atoms with Crippen LogP contribution in [0.3, 0.4) is 0 Å². The summed E-state index contributed by atoms with van der Waals surface area (Å²) in [6.07, 6.45) is 3.33. The largest absolute Gasteiger partial charge is 0.381 e. The van der Waals surface area contributed by atoms with Crippen molar-refractivity contribution in [2.45, 2.75) is 45.2 Å².